The normalized spacial score (nSPS) is 11.5. The van der Waals surface area contributed by atoms with Crippen LogP contribution in [0, 0.1) is 5.41 Å². The third kappa shape index (κ3) is 3.08. The first-order valence-electron chi connectivity index (χ1n) is 4.87. The van der Waals surface area contributed by atoms with Crippen molar-refractivity contribution in [1.29, 1.82) is 0 Å². The standard InChI is InChI=1S/C11H17ClN2O/c1-11(2,7-13)6-8-9(12)4-5-14-10(8)15-3/h4-5H,6-7,13H2,1-3H3. The SMILES string of the molecule is COc1nccc(Cl)c1CC(C)(C)CN. The summed E-state index contributed by atoms with van der Waals surface area (Å²) in [6, 6.07) is 1.77. The molecule has 0 aliphatic carbocycles. The van der Waals surface area contributed by atoms with Gasteiger partial charge in [0.1, 0.15) is 0 Å². The van der Waals surface area contributed by atoms with Crippen molar-refractivity contribution in [2.24, 2.45) is 11.1 Å². The fraction of sp³-hybridized carbons (Fsp3) is 0.545. The zero-order valence-electron chi connectivity index (χ0n) is 9.38. The quantitative estimate of drug-likeness (QED) is 0.860. The molecule has 1 aromatic heterocycles. The van der Waals surface area contributed by atoms with E-state index in [4.69, 9.17) is 22.1 Å². The largest absolute Gasteiger partial charge is 0.481 e. The van der Waals surface area contributed by atoms with E-state index in [2.05, 4.69) is 18.8 Å². The molecule has 0 saturated heterocycles. The summed E-state index contributed by atoms with van der Waals surface area (Å²) in [7, 11) is 1.59. The van der Waals surface area contributed by atoms with E-state index in [1.54, 1.807) is 19.4 Å². The molecule has 1 heterocycles. The summed E-state index contributed by atoms with van der Waals surface area (Å²) in [5.74, 6) is 0.587. The highest BCUT2D eigenvalue weighted by Gasteiger charge is 2.21. The lowest BCUT2D eigenvalue weighted by Gasteiger charge is -2.23. The summed E-state index contributed by atoms with van der Waals surface area (Å²) in [6.07, 6.45) is 2.40. The predicted molar refractivity (Wildman–Crippen MR) is 62.3 cm³/mol. The lowest BCUT2D eigenvalue weighted by Crippen LogP contribution is -2.26. The second-order valence-corrected chi connectivity index (χ2v) is 4.73. The van der Waals surface area contributed by atoms with Crippen LogP contribution in [0.2, 0.25) is 5.02 Å². The molecule has 0 atom stereocenters. The molecule has 0 aliphatic rings. The first kappa shape index (κ1) is 12.3. The van der Waals surface area contributed by atoms with Crippen LogP contribution in [0.15, 0.2) is 12.3 Å². The van der Waals surface area contributed by atoms with Gasteiger partial charge in [0.2, 0.25) is 5.88 Å². The van der Waals surface area contributed by atoms with Crippen molar-refractivity contribution >= 4 is 11.6 Å². The minimum absolute atomic E-state index is 0.0000463. The Hall–Kier alpha value is -0.800. The van der Waals surface area contributed by atoms with Gasteiger partial charge in [0.15, 0.2) is 0 Å². The Morgan fingerprint density at radius 2 is 2.20 bits per heavy atom. The van der Waals surface area contributed by atoms with Crippen molar-refractivity contribution in [2.45, 2.75) is 20.3 Å². The molecule has 0 aliphatic heterocycles. The van der Waals surface area contributed by atoms with Gasteiger partial charge >= 0.3 is 0 Å². The molecule has 4 heteroatoms. The Morgan fingerprint density at radius 1 is 1.53 bits per heavy atom. The molecule has 2 N–H and O–H groups in total. The van der Waals surface area contributed by atoms with Crippen molar-refractivity contribution in [2.75, 3.05) is 13.7 Å². The van der Waals surface area contributed by atoms with Gasteiger partial charge in [-0.05, 0) is 24.4 Å². The van der Waals surface area contributed by atoms with Gasteiger partial charge in [-0.25, -0.2) is 4.98 Å². The fourth-order valence-electron chi connectivity index (χ4n) is 1.34. The molecule has 15 heavy (non-hydrogen) atoms. The molecule has 0 radical (unpaired) electrons. The summed E-state index contributed by atoms with van der Waals surface area (Å²) >= 11 is 6.11. The lowest BCUT2D eigenvalue weighted by atomic mass is 9.86. The van der Waals surface area contributed by atoms with Crippen LogP contribution in [0.5, 0.6) is 5.88 Å². The van der Waals surface area contributed by atoms with Gasteiger partial charge in [-0.15, -0.1) is 0 Å². The Morgan fingerprint density at radius 3 is 2.73 bits per heavy atom. The van der Waals surface area contributed by atoms with E-state index < -0.39 is 0 Å². The molecule has 0 amide bonds. The number of halogens is 1. The van der Waals surface area contributed by atoms with Crippen LogP contribution in [-0.2, 0) is 6.42 Å². The minimum Gasteiger partial charge on any atom is -0.481 e. The number of nitrogens with two attached hydrogens (primary N) is 1. The Labute approximate surface area is 95.6 Å². The van der Waals surface area contributed by atoms with Crippen molar-refractivity contribution in [3.8, 4) is 5.88 Å². The number of aromatic nitrogens is 1. The molecule has 0 saturated carbocycles. The molecular formula is C11H17ClN2O. The maximum absolute atomic E-state index is 6.11. The molecule has 1 rings (SSSR count). The van der Waals surface area contributed by atoms with Crippen molar-refractivity contribution < 1.29 is 4.74 Å². The van der Waals surface area contributed by atoms with Crippen LogP contribution in [0.1, 0.15) is 19.4 Å². The average Bonchev–Trinajstić information content (AvgIpc) is 2.21. The maximum atomic E-state index is 6.11. The molecule has 0 bridgehead atoms. The summed E-state index contributed by atoms with van der Waals surface area (Å²) in [5.41, 5.74) is 6.62. The van der Waals surface area contributed by atoms with Crippen LogP contribution in [0.25, 0.3) is 0 Å². The van der Waals surface area contributed by atoms with Gasteiger partial charge < -0.3 is 10.5 Å². The van der Waals surface area contributed by atoms with E-state index in [0.717, 1.165) is 12.0 Å². The number of methoxy groups -OCH3 is 1. The van der Waals surface area contributed by atoms with Gasteiger partial charge in [-0.2, -0.15) is 0 Å². The first-order chi connectivity index (χ1) is 7.00. The molecule has 3 nitrogen and oxygen atoms in total. The summed E-state index contributed by atoms with van der Waals surface area (Å²) in [6.45, 7) is 4.78. The zero-order valence-corrected chi connectivity index (χ0v) is 10.1. The number of ether oxygens (including phenoxy) is 1. The number of pyridine rings is 1. The van der Waals surface area contributed by atoms with Crippen LogP contribution in [0.4, 0.5) is 0 Å². The van der Waals surface area contributed by atoms with Crippen LogP contribution >= 0.6 is 11.6 Å². The van der Waals surface area contributed by atoms with E-state index >= 15 is 0 Å². The van der Waals surface area contributed by atoms with Crippen molar-refractivity contribution in [1.82, 2.24) is 4.98 Å². The fourth-order valence-corrected chi connectivity index (χ4v) is 1.54. The monoisotopic (exact) mass is 228 g/mol. The lowest BCUT2D eigenvalue weighted by molar-refractivity contribution is 0.352. The zero-order chi connectivity index (χ0) is 11.5. The van der Waals surface area contributed by atoms with Gasteiger partial charge in [-0.1, -0.05) is 25.4 Å². The van der Waals surface area contributed by atoms with E-state index in [-0.39, 0.29) is 5.41 Å². The highest BCUT2D eigenvalue weighted by Crippen LogP contribution is 2.30. The number of nitrogens with zero attached hydrogens (tertiary/aromatic N) is 1. The third-order valence-electron chi connectivity index (χ3n) is 2.36. The third-order valence-corrected chi connectivity index (χ3v) is 2.71. The van der Waals surface area contributed by atoms with E-state index in [1.165, 1.54) is 0 Å². The number of hydrogen-bond donors (Lipinski definition) is 1. The van der Waals surface area contributed by atoms with E-state index in [0.29, 0.717) is 17.4 Å². The van der Waals surface area contributed by atoms with Crippen molar-refractivity contribution in [3.05, 3.63) is 22.8 Å². The van der Waals surface area contributed by atoms with Gasteiger partial charge in [0.05, 0.1) is 12.1 Å². The highest BCUT2D eigenvalue weighted by atomic mass is 35.5. The van der Waals surface area contributed by atoms with Gasteiger partial charge in [-0.3, -0.25) is 0 Å². The molecule has 0 unspecified atom stereocenters. The number of rotatable bonds is 4. The van der Waals surface area contributed by atoms with Gasteiger partial charge in [0, 0.05) is 11.8 Å². The van der Waals surface area contributed by atoms with Crippen molar-refractivity contribution in [3.63, 3.8) is 0 Å². The molecule has 0 fully saturated rings. The average molecular weight is 229 g/mol. The Kier molecular flexibility index (Phi) is 3.94. The minimum atomic E-state index is -0.0000463. The Balaban J connectivity index is 3.02. The van der Waals surface area contributed by atoms with Crippen LogP contribution in [0.3, 0.4) is 0 Å². The topological polar surface area (TPSA) is 48.1 Å². The molecule has 0 spiro atoms. The Bertz CT molecular complexity index is 339. The molecule has 1 aromatic rings. The smallest absolute Gasteiger partial charge is 0.217 e. The maximum Gasteiger partial charge on any atom is 0.217 e. The second-order valence-electron chi connectivity index (χ2n) is 4.33. The molecule has 0 aromatic carbocycles. The molecular weight excluding hydrogens is 212 g/mol. The van der Waals surface area contributed by atoms with Crippen LogP contribution < -0.4 is 10.5 Å². The van der Waals surface area contributed by atoms with Crippen LogP contribution in [-0.4, -0.2) is 18.6 Å². The van der Waals surface area contributed by atoms with E-state index in [1.807, 2.05) is 0 Å². The molecule has 84 valence electrons. The second kappa shape index (κ2) is 4.81. The summed E-state index contributed by atoms with van der Waals surface area (Å²) < 4.78 is 5.18. The predicted octanol–water partition coefficient (Wildman–Crippen LogP) is 2.27. The highest BCUT2D eigenvalue weighted by molar-refractivity contribution is 6.31. The summed E-state index contributed by atoms with van der Waals surface area (Å²) in [5, 5.41) is 0.684. The number of hydrogen-bond acceptors (Lipinski definition) is 3. The first-order valence-corrected chi connectivity index (χ1v) is 5.25. The summed E-state index contributed by atoms with van der Waals surface area (Å²) in [4.78, 5) is 4.13. The van der Waals surface area contributed by atoms with E-state index in [9.17, 15) is 0 Å². The van der Waals surface area contributed by atoms with Gasteiger partial charge in [0.25, 0.3) is 0 Å².